The molecule has 2 heteroatoms. The van der Waals surface area contributed by atoms with Crippen LogP contribution in [0.4, 0.5) is 0 Å². The van der Waals surface area contributed by atoms with Gasteiger partial charge in [-0.3, -0.25) is 4.79 Å². The SMILES string of the molecule is CN1CC2CCC1CC2=O. The summed E-state index contributed by atoms with van der Waals surface area (Å²) in [7, 11) is 2.13. The predicted molar refractivity (Wildman–Crippen MR) is 38.8 cm³/mol. The summed E-state index contributed by atoms with van der Waals surface area (Å²) in [4.78, 5) is 13.5. The van der Waals surface area contributed by atoms with Crippen LogP contribution < -0.4 is 0 Å². The number of piperidine rings is 2. The molecule has 3 aliphatic rings. The first-order valence-corrected chi connectivity index (χ1v) is 4.00. The highest BCUT2D eigenvalue weighted by atomic mass is 16.1. The average Bonchev–Trinajstić information content (AvgIpc) is 1.91. The van der Waals surface area contributed by atoms with Crippen molar-refractivity contribution in [1.82, 2.24) is 4.90 Å². The highest BCUT2D eigenvalue weighted by Gasteiger charge is 2.37. The van der Waals surface area contributed by atoms with Gasteiger partial charge in [0, 0.05) is 24.9 Å². The van der Waals surface area contributed by atoms with Gasteiger partial charge in [0.25, 0.3) is 0 Å². The van der Waals surface area contributed by atoms with Crippen molar-refractivity contribution in [3.05, 3.63) is 0 Å². The minimum absolute atomic E-state index is 0.384. The first kappa shape index (κ1) is 6.35. The Bertz CT molecular complexity index is 167. The Labute approximate surface area is 61.2 Å². The van der Waals surface area contributed by atoms with E-state index in [9.17, 15) is 4.79 Å². The van der Waals surface area contributed by atoms with Gasteiger partial charge in [0.2, 0.25) is 0 Å². The lowest BCUT2D eigenvalue weighted by Crippen LogP contribution is -2.50. The van der Waals surface area contributed by atoms with Crippen molar-refractivity contribution in [2.75, 3.05) is 13.6 Å². The maximum Gasteiger partial charge on any atom is 0.138 e. The smallest absolute Gasteiger partial charge is 0.138 e. The molecule has 2 nitrogen and oxygen atoms in total. The molecule has 0 amide bonds. The molecule has 2 atom stereocenters. The number of carbonyl (C=O) groups is 1. The Morgan fingerprint density at radius 2 is 2.30 bits per heavy atom. The van der Waals surface area contributed by atoms with E-state index in [1.165, 1.54) is 6.42 Å². The standard InChI is InChI=1S/C8H13NO/c1-9-5-6-2-3-7(9)4-8(6)10/h6-7H,2-5H2,1H3. The molecule has 1 aliphatic carbocycles. The Morgan fingerprint density at radius 3 is 2.60 bits per heavy atom. The summed E-state index contributed by atoms with van der Waals surface area (Å²) < 4.78 is 0. The molecule has 2 heterocycles. The van der Waals surface area contributed by atoms with Crippen LogP contribution in [-0.2, 0) is 4.79 Å². The largest absolute Gasteiger partial charge is 0.302 e. The Morgan fingerprint density at radius 1 is 1.50 bits per heavy atom. The van der Waals surface area contributed by atoms with Gasteiger partial charge in [-0.1, -0.05) is 0 Å². The van der Waals surface area contributed by atoms with Crippen LogP contribution in [-0.4, -0.2) is 30.3 Å². The van der Waals surface area contributed by atoms with Gasteiger partial charge in [-0.05, 0) is 19.9 Å². The third kappa shape index (κ3) is 0.788. The molecular formula is C8H13NO. The molecule has 2 bridgehead atoms. The highest BCUT2D eigenvalue weighted by molar-refractivity contribution is 5.83. The third-order valence-corrected chi connectivity index (χ3v) is 2.87. The van der Waals surface area contributed by atoms with E-state index in [2.05, 4.69) is 11.9 Å². The van der Waals surface area contributed by atoms with E-state index < -0.39 is 0 Å². The van der Waals surface area contributed by atoms with E-state index in [0.717, 1.165) is 19.4 Å². The number of fused-ring (bicyclic) bond motifs is 3. The van der Waals surface area contributed by atoms with Crippen LogP contribution in [0.3, 0.4) is 0 Å². The van der Waals surface area contributed by atoms with E-state index in [0.29, 0.717) is 17.7 Å². The molecule has 0 aromatic rings. The molecule has 10 heavy (non-hydrogen) atoms. The van der Waals surface area contributed by atoms with Gasteiger partial charge in [0.05, 0.1) is 0 Å². The van der Waals surface area contributed by atoms with Gasteiger partial charge >= 0.3 is 0 Å². The Kier molecular flexibility index (Phi) is 1.31. The fourth-order valence-electron chi connectivity index (χ4n) is 2.12. The molecule has 3 rings (SSSR count). The van der Waals surface area contributed by atoms with Crippen LogP contribution in [0, 0.1) is 5.92 Å². The maximum absolute atomic E-state index is 11.2. The molecule has 2 unspecified atom stereocenters. The van der Waals surface area contributed by atoms with Crippen molar-refractivity contribution in [1.29, 1.82) is 0 Å². The molecule has 0 N–H and O–H groups in total. The normalized spacial score (nSPS) is 40.7. The summed E-state index contributed by atoms with van der Waals surface area (Å²) in [5.74, 6) is 0.893. The Hall–Kier alpha value is -0.370. The average molecular weight is 139 g/mol. The first-order valence-electron chi connectivity index (χ1n) is 4.00. The van der Waals surface area contributed by atoms with E-state index in [-0.39, 0.29) is 0 Å². The minimum atomic E-state index is 0.384. The second-order valence-electron chi connectivity index (χ2n) is 3.54. The summed E-state index contributed by atoms with van der Waals surface area (Å²) >= 11 is 0. The zero-order chi connectivity index (χ0) is 7.14. The summed E-state index contributed by atoms with van der Waals surface area (Å²) in [6.45, 7) is 1.02. The summed E-state index contributed by atoms with van der Waals surface area (Å²) in [5, 5.41) is 0. The van der Waals surface area contributed by atoms with Crippen molar-refractivity contribution >= 4 is 5.78 Å². The zero-order valence-corrected chi connectivity index (χ0v) is 6.34. The monoisotopic (exact) mass is 139 g/mol. The van der Waals surface area contributed by atoms with Gasteiger partial charge < -0.3 is 4.90 Å². The number of hydrogen-bond donors (Lipinski definition) is 0. The molecule has 56 valence electrons. The van der Waals surface area contributed by atoms with Crippen LogP contribution in [0.25, 0.3) is 0 Å². The van der Waals surface area contributed by atoms with Crippen LogP contribution >= 0.6 is 0 Å². The van der Waals surface area contributed by atoms with Crippen LogP contribution in [0.2, 0.25) is 0 Å². The molecule has 2 saturated heterocycles. The number of Topliss-reactive ketones (excluding diaryl/α,β-unsaturated/α-hetero) is 1. The lowest BCUT2D eigenvalue weighted by atomic mass is 9.79. The minimum Gasteiger partial charge on any atom is -0.302 e. The lowest BCUT2D eigenvalue weighted by molar-refractivity contribution is -0.131. The second kappa shape index (κ2) is 2.06. The van der Waals surface area contributed by atoms with Crippen molar-refractivity contribution < 1.29 is 4.79 Å². The van der Waals surface area contributed by atoms with E-state index in [1.54, 1.807) is 0 Å². The van der Waals surface area contributed by atoms with Crippen LogP contribution in [0.1, 0.15) is 19.3 Å². The van der Waals surface area contributed by atoms with Gasteiger partial charge in [-0.15, -0.1) is 0 Å². The summed E-state index contributed by atoms with van der Waals surface area (Å²) in [5.41, 5.74) is 0. The fraction of sp³-hybridized carbons (Fsp3) is 0.875. The topological polar surface area (TPSA) is 20.3 Å². The van der Waals surface area contributed by atoms with Crippen LogP contribution in [0.15, 0.2) is 0 Å². The first-order chi connectivity index (χ1) is 4.77. The predicted octanol–water partition coefficient (Wildman–Crippen LogP) is 0.670. The highest BCUT2D eigenvalue weighted by Crippen LogP contribution is 2.30. The van der Waals surface area contributed by atoms with Crippen molar-refractivity contribution in [2.24, 2.45) is 5.92 Å². The molecule has 0 spiro atoms. The fourth-order valence-corrected chi connectivity index (χ4v) is 2.12. The van der Waals surface area contributed by atoms with Gasteiger partial charge in [-0.2, -0.15) is 0 Å². The maximum atomic E-state index is 11.2. The number of hydrogen-bond acceptors (Lipinski definition) is 2. The van der Waals surface area contributed by atoms with Crippen molar-refractivity contribution in [3.63, 3.8) is 0 Å². The second-order valence-corrected chi connectivity index (χ2v) is 3.54. The van der Waals surface area contributed by atoms with E-state index >= 15 is 0 Å². The van der Waals surface area contributed by atoms with E-state index in [4.69, 9.17) is 0 Å². The number of ketones is 1. The van der Waals surface area contributed by atoms with E-state index in [1.807, 2.05) is 0 Å². The van der Waals surface area contributed by atoms with Crippen molar-refractivity contribution in [2.45, 2.75) is 25.3 Å². The quantitative estimate of drug-likeness (QED) is 0.491. The Balaban J connectivity index is 2.16. The number of nitrogens with zero attached hydrogens (tertiary/aromatic N) is 1. The molecular weight excluding hydrogens is 126 g/mol. The zero-order valence-electron chi connectivity index (χ0n) is 6.34. The number of rotatable bonds is 0. The summed E-state index contributed by atoms with van der Waals surface area (Å²) in [6.07, 6.45) is 3.21. The molecule has 0 aromatic heterocycles. The van der Waals surface area contributed by atoms with Gasteiger partial charge in [-0.25, -0.2) is 0 Å². The molecule has 0 radical (unpaired) electrons. The lowest BCUT2D eigenvalue weighted by Gasteiger charge is -2.42. The molecule has 1 saturated carbocycles. The van der Waals surface area contributed by atoms with Crippen molar-refractivity contribution in [3.8, 4) is 0 Å². The third-order valence-electron chi connectivity index (χ3n) is 2.87. The molecule has 0 aromatic carbocycles. The van der Waals surface area contributed by atoms with Gasteiger partial charge in [0.1, 0.15) is 5.78 Å². The summed E-state index contributed by atoms with van der Waals surface area (Å²) in [6, 6.07) is 0.581. The van der Waals surface area contributed by atoms with Gasteiger partial charge in [0.15, 0.2) is 0 Å². The molecule has 2 aliphatic heterocycles. The molecule has 3 fully saturated rings. The van der Waals surface area contributed by atoms with Crippen LogP contribution in [0.5, 0.6) is 0 Å². The number of carbonyl (C=O) groups excluding carboxylic acids is 1.